The lowest BCUT2D eigenvalue weighted by Crippen LogP contribution is -1.96. The fourth-order valence-corrected chi connectivity index (χ4v) is 3.07. The molecule has 0 atom stereocenters. The Hall–Kier alpha value is -3.13. The molecule has 0 fully saturated rings. The predicted octanol–water partition coefficient (Wildman–Crippen LogP) is 6.26. The Morgan fingerprint density at radius 2 is 1.48 bits per heavy atom. The van der Waals surface area contributed by atoms with Crippen molar-refractivity contribution < 1.29 is 0 Å². The van der Waals surface area contributed by atoms with Crippen molar-refractivity contribution in [2.75, 3.05) is 5.32 Å². The number of hydrogen-bond donors (Lipinski definition) is 1. The Morgan fingerprint density at radius 3 is 2.28 bits per heavy atom. The lowest BCUT2D eigenvalue weighted by Gasteiger charge is -2.13. The third-order valence-electron chi connectivity index (χ3n) is 4.47. The minimum absolute atomic E-state index is 0.992. The van der Waals surface area contributed by atoms with Gasteiger partial charge in [0.05, 0.1) is 16.9 Å². The largest absolute Gasteiger partial charge is 0.355 e. The van der Waals surface area contributed by atoms with Gasteiger partial charge in [-0.25, -0.2) is 4.98 Å². The number of para-hydroxylation sites is 1. The molecule has 0 amide bonds. The van der Waals surface area contributed by atoms with Crippen LogP contribution in [0.4, 0.5) is 11.4 Å². The summed E-state index contributed by atoms with van der Waals surface area (Å²) in [6, 6.07) is 27.2. The van der Waals surface area contributed by atoms with E-state index in [0.717, 1.165) is 28.0 Å². The molecule has 0 saturated carbocycles. The molecule has 25 heavy (non-hydrogen) atoms. The van der Waals surface area contributed by atoms with Crippen LogP contribution in [-0.2, 0) is 0 Å². The molecule has 0 unspecified atom stereocenters. The zero-order valence-corrected chi connectivity index (χ0v) is 14.5. The number of nitrogens with one attached hydrogen (secondary N) is 1. The fraction of sp³-hybridized carbons (Fsp3) is 0.0870. The third-order valence-corrected chi connectivity index (χ3v) is 4.47. The van der Waals surface area contributed by atoms with Crippen LogP contribution in [0.15, 0.2) is 78.9 Å². The number of hydrogen-bond acceptors (Lipinski definition) is 2. The van der Waals surface area contributed by atoms with Crippen molar-refractivity contribution in [3.05, 3.63) is 90.0 Å². The maximum atomic E-state index is 4.88. The molecule has 4 aromatic rings. The average Bonchev–Trinajstić information content (AvgIpc) is 2.64. The van der Waals surface area contributed by atoms with Crippen molar-refractivity contribution in [1.82, 2.24) is 4.98 Å². The normalized spacial score (nSPS) is 10.8. The van der Waals surface area contributed by atoms with E-state index in [2.05, 4.69) is 92.0 Å². The molecule has 0 saturated heterocycles. The van der Waals surface area contributed by atoms with E-state index in [1.54, 1.807) is 0 Å². The summed E-state index contributed by atoms with van der Waals surface area (Å²) >= 11 is 0. The fourth-order valence-electron chi connectivity index (χ4n) is 3.07. The van der Waals surface area contributed by atoms with Gasteiger partial charge in [0.1, 0.15) is 0 Å². The monoisotopic (exact) mass is 324 g/mol. The second-order valence-corrected chi connectivity index (χ2v) is 6.38. The number of aromatic nitrogens is 1. The topological polar surface area (TPSA) is 24.9 Å². The second-order valence-electron chi connectivity index (χ2n) is 6.38. The first-order valence-corrected chi connectivity index (χ1v) is 8.50. The Balaban J connectivity index is 1.87. The highest BCUT2D eigenvalue weighted by Crippen LogP contribution is 2.31. The van der Waals surface area contributed by atoms with Crippen LogP contribution < -0.4 is 5.32 Å². The molecule has 0 aliphatic carbocycles. The first kappa shape index (κ1) is 15.4. The van der Waals surface area contributed by atoms with Crippen LogP contribution >= 0.6 is 0 Å². The Bertz CT molecular complexity index is 1030. The maximum absolute atomic E-state index is 4.88. The lowest BCUT2D eigenvalue weighted by molar-refractivity contribution is 1.36. The molecule has 3 aromatic carbocycles. The molecule has 0 aliphatic heterocycles. The number of aryl methyl sites for hydroxylation is 2. The maximum Gasteiger partial charge on any atom is 0.0733 e. The summed E-state index contributed by atoms with van der Waals surface area (Å²) in [5.41, 5.74) is 7.80. The van der Waals surface area contributed by atoms with Gasteiger partial charge in [-0.05, 0) is 43.7 Å². The molecule has 4 rings (SSSR count). The van der Waals surface area contributed by atoms with Crippen LogP contribution in [0.2, 0.25) is 0 Å². The van der Waals surface area contributed by atoms with Crippen LogP contribution in [0.3, 0.4) is 0 Å². The van der Waals surface area contributed by atoms with E-state index in [9.17, 15) is 0 Å². The van der Waals surface area contributed by atoms with Crippen molar-refractivity contribution in [2.45, 2.75) is 13.8 Å². The van der Waals surface area contributed by atoms with Crippen molar-refractivity contribution in [1.29, 1.82) is 0 Å². The smallest absolute Gasteiger partial charge is 0.0733 e. The zero-order chi connectivity index (χ0) is 17.2. The number of fused-ring (bicyclic) bond motifs is 1. The van der Waals surface area contributed by atoms with E-state index in [1.165, 1.54) is 16.7 Å². The number of nitrogens with zero attached hydrogens (tertiary/aromatic N) is 1. The first-order chi connectivity index (χ1) is 12.2. The van der Waals surface area contributed by atoms with Crippen molar-refractivity contribution >= 4 is 22.3 Å². The van der Waals surface area contributed by atoms with Gasteiger partial charge in [-0.15, -0.1) is 0 Å². The van der Waals surface area contributed by atoms with Gasteiger partial charge in [0.15, 0.2) is 0 Å². The van der Waals surface area contributed by atoms with E-state index in [4.69, 9.17) is 4.98 Å². The first-order valence-electron chi connectivity index (χ1n) is 8.50. The highest BCUT2D eigenvalue weighted by Gasteiger charge is 2.09. The van der Waals surface area contributed by atoms with Crippen molar-refractivity contribution in [3.63, 3.8) is 0 Å². The van der Waals surface area contributed by atoms with Gasteiger partial charge in [-0.2, -0.15) is 0 Å². The summed E-state index contributed by atoms with van der Waals surface area (Å²) in [5.74, 6) is 0. The summed E-state index contributed by atoms with van der Waals surface area (Å²) in [6.45, 7) is 4.22. The van der Waals surface area contributed by atoms with E-state index in [-0.39, 0.29) is 0 Å². The van der Waals surface area contributed by atoms with Gasteiger partial charge in [0, 0.05) is 16.6 Å². The number of benzene rings is 3. The van der Waals surface area contributed by atoms with Crippen LogP contribution in [0.1, 0.15) is 11.1 Å². The van der Waals surface area contributed by atoms with E-state index in [1.807, 2.05) is 6.07 Å². The lowest BCUT2D eigenvalue weighted by atomic mass is 10.0. The molecule has 1 aromatic heterocycles. The summed E-state index contributed by atoms with van der Waals surface area (Å²) in [4.78, 5) is 4.88. The predicted molar refractivity (Wildman–Crippen MR) is 106 cm³/mol. The van der Waals surface area contributed by atoms with Crippen molar-refractivity contribution in [2.24, 2.45) is 0 Å². The second kappa shape index (κ2) is 6.40. The van der Waals surface area contributed by atoms with E-state index in [0.29, 0.717) is 0 Å². The van der Waals surface area contributed by atoms with Crippen LogP contribution in [0, 0.1) is 13.8 Å². The van der Waals surface area contributed by atoms with Gasteiger partial charge in [-0.3, -0.25) is 0 Å². The summed E-state index contributed by atoms with van der Waals surface area (Å²) in [7, 11) is 0. The van der Waals surface area contributed by atoms with Gasteiger partial charge < -0.3 is 5.32 Å². The van der Waals surface area contributed by atoms with Gasteiger partial charge >= 0.3 is 0 Å². The van der Waals surface area contributed by atoms with E-state index >= 15 is 0 Å². The van der Waals surface area contributed by atoms with Crippen molar-refractivity contribution in [3.8, 4) is 11.3 Å². The Kier molecular flexibility index (Phi) is 3.95. The quantitative estimate of drug-likeness (QED) is 0.481. The van der Waals surface area contributed by atoms with Crippen LogP contribution in [0.5, 0.6) is 0 Å². The zero-order valence-electron chi connectivity index (χ0n) is 14.5. The van der Waals surface area contributed by atoms with Gasteiger partial charge in [0.2, 0.25) is 0 Å². The molecule has 0 radical (unpaired) electrons. The average molecular weight is 324 g/mol. The molecular weight excluding hydrogens is 304 g/mol. The van der Waals surface area contributed by atoms with E-state index < -0.39 is 0 Å². The number of anilines is 2. The molecule has 1 heterocycles. The van der Waals surface area contributed by atoms with Crippen LogP contribution in [-0.4, -0.2) is 4.98 Å². The highest BCUT2D eigenvalue weighted by atomic mass is 14.9. The number of pyridine rings is 1. The Labute approximate surface area is 148 Å². The van der Waals surface area contributed by atoms with Gasteiger partial charge in [-0.1, -0.05) is 60.2 Å². The van der Waals surface area contributed by atoms with Gasteiger partial charge in [0.25, 0.3) is 0 Å². The molecule has 2 heteroatoms. The minimum atomic E-state index is 0.992. The standard InChI is InChI=1S/C23H20N2/c1-16-11-13-18(14-12-16)24-23-15-22(19-8-4-3-7-17(19)2)25-21-10-6-5-9-20(21)23/h3-15H,1-2H3,(H,24,25). The molecule has 2 nitrogen and oxygen atoms in total. The molecule has 1 N–H and O–H groups in total. The molecule has 0 bridgehead atoms. The molecule has 122 valence electrons. The highest BCUT2D eigenvalue weighted by molar-refractivity contribution is 5.95. The number of rotatable bonds is 3. The molecule has 0 spiro atoms. The third kappa shape index (κ3) is 3.11. The SMILES string of the molecule is Cc1ccc(Nc2cc(-c3ccccc3C)nc3ccccc23)cc1. The summed E-state index contributed by atoms with van der Waals surface area (Å²) < 4.78 is 0. The minimum Gasteiger partial charge on any atom is -0.355 e. The molecular formula is C23H20N2. The van der Waals surface area contributed by atoms with Crippen LogP contribution in [0.25, 0.3) is 22.2 Å². The molecule has 0 aliphatic rings. The summed E-state index contributed by atoms with van der Waals surface area (Å²) in [5, 5.41) is 4.69. The summed E-state index contributed by atoms with van der Waals surface area (Å²) in [6.07, 6.45) is 0. The Morgan fingerprint density at radius 1 is 0.760 bits per heavy atom.